The standard InChI is InChI=1S/C17H14ClN3O2S/c18-17-14(7-4-8-19-17)23-10-13-11-24-16(21-13)9-15(22)20-12-5-2-1-3-6-12/h1-8,11H,9-10H2,(H,20,22). The van der Waals surface area contributed by atoms with Crippen LogP contribution in [0, 0.1) is 0 Å². The van der Waals surface area contributed by atoms with Crippen molar-refractivity contribution in [1.29, 1.82) is 0 Å². The zero-order valence-corrected chi connectivity index (χ0v) is 14.2. The highest BCUT2D eigenvalue weighted by Gasteiger charge is 2.09. The number of para-hydroxylation sites is 1. The summed E-state index contributed by atoms with van der Waals surface area (Å²) in [6, 6.07) is 12.8. The first kappa shape index (κ1) is 16.4. The lowest BCUT2D eigenvalue weighted by Gasteiger charge is -2.05. The molecule has 24 heavy (non-hydrogen) atoms. The minimum atomic E-state index is -0.0988. The molecule has 0 spiro atoms. The van der Waals surface area contributed by atoms with Gasteiger partial charge in [-0.3, -0.25) is 4.79 Å². The van der Waals surface area contributed by atoms with E-state index in [4.69, 9.17) is 16.3 Å². The van der Waals surface area contributed by atoms with Crippen LogP contribution in [-0.2, 0) is 17.8 Å². The summed E-state index contributed by atoms with van der Waals surface area (Å²) in [6.07, 6.45) is 1.83. The maximum absolute atomic E-state index is 12.0. The van der Waals surface area contributed by atoms with Gasteiger partial charge in [-0.15, -0.1) is 11.3 Å². The van der Waals surface area contributed by atoms with Crippen LogP contribution >= 0.6 is 22.9 Å². The molecule has 0 aliphatic carbocycles. The van der Waals surface area contributed by atoms with Gasteiger partial charge in [0.25, 0.3) is 0 Å². The number of hydrogen-bond acceptors (Lipinski definition) is 5. The summed E-state index contributed by atoms with van der Waals surface area (Å²) in [5.41, 5.74) is 1.52. The molecule has 0 bridgehead atoms. The summed E-state index contributed by atoms with van der Waals surface area (Å²) in [6.45, 7) is 0.280. The summed E-state index contributed by atoms with van der Waals surface area (Å²) in [7, 11) is 0. The Balaban J connectivity index is 1.54. The molecule has 3 rings (SSSR count). The number of anilines is 1. The van der Waals surface area contributed by atoms with Gasteiger partial charge >= 0.3 is 0 Å². The Hall–Kier alpha value is -2.44. The third-order valence-electron chi connectivity index (χ3n) is 3.07. The molecule has 0 radical (unpaired) electrons. The lowest BCUT2D eigenvalue weighted by molar-refractivity contribution is -0.115. The number of pyridine rings is 1. The molecule has 122 valence electrons. The highest BCUT2D eigenvalue weighted by Crippen LogP contribution is 2.22. The topological polar surface area (TPSA) is 64.1 Å². The van der Waals surface area contributed by atoms with Crippen LogP contribution < -0.4 is 10.1 Å². The number of aromatic nitrogens is 2. The Morgan fingerprint density at radius 3 is 2.83 bits per heavy atom. The fourth-order valence-corrected chi connectivity index (χ4v) is 2.94. The van der Waals surface area contributed by atoms with E-state index in [0.717, 1.165) is 16.4 Å². The lowest BCUT2D eigenvalue weighted by atomic mass is 10.3. The fraction of sp³-hybridized carbons (Fsp3) is 0.118. The molecule has 7 heteroatoms. The van der Waals surface area contributed by atoms with Crippen molar-refractivity contribution in [2.24, 2.45) is 0 Å². The van der Waals surface area contributed by atoms with Crippen LogP contribution in [0.4, 0.5) is 5.69 Å². The quantitative estimate of drug-likeness (QED) is 0.677. The molecule has 0 saturated heterocycles. The zero-order chi connectivity index (χ0) is 16.8. The summed E-state index contributed by atoms with van der Waals surface area (Å²) < 4.78 is 5.59. The van der Waals surface area contributed by atoms with Gasteiger partial charge in [0.2, 0.25) is 5.91 Å². The van der Waals surface area contributed by atoms with Crippen LogP contribution in [0.2, 0.25) is 5.15 Å². The molecule has 2 aromatic heterocycles. The maximum Gasteiger partial charge on any atom is 0.231 e. The van der Waals surface area contributed by atoms with Crippen molar-refractivity contribution in [3.63, 3.8) is 0 Å². The van der Waals surface area contributed by atoms with Gasteiger partial charge in [0.15, 0.2) is 10.9 Å². The minimum Gasteiger partial charge on any atom is -0.484 e. The van der Waals surface area contributed by atoms with Gasteiger partial charge in [-0.1, -0.05) is 29.8 Å². The van der Waals surface area contributed by atoms with E-state index in [0.29, 0.717) is 10.9 Å². The largest absolute Gasteiger partial charge is 0.484 e. The molecule has 0 fully saturated rings. The van der Waals surface area contributed by atoms with Crippen LogP contribution in [0.25, 0.3) is 0 Å². The van der Waals surface area contributed by atoms with E-state index in [1.807, 2.05) is 35.7 Å². The molecule has 5 nitrogen and oxygen atoms in total. The first-order valence-corrected chi connectivity index (χ1v) is 8.48. The monoisotopic (exact) mass is 359 g/mol. The molecule has 0 aliphatic rings. The number of nitrogens with one attached hydrogen (secondary N) is 1. The van der Waals surface area contributed by atoms with E-state index in [1.165, 1.54) is 11.3 Å². The Labute approximate surface area is 148 Å². The minimum absolute atomic E-state index is 0.0988. The normalized spacial score (nSPS) is 10.4. The molecule has 0 unspecified atom stereocenters. The highest BCUT2D eigenvalue weighted by atomic mass is 35.5. The van der Waals surface area contributed by atoms with Crippen molar-refractivity contribution in [1.82, 2.24) is 9.97 Å². The van der Waals surface area contributed by atoms with Gasteiger partial charge in [-0.2, -0.15) is 0 Å². The number of nitrogens with zero attached hydrogens (tertiary/aromatic N) is 2. The van der Waals surface area contributed by atoms with Crippen molar-refractivity contribution in [3.8, 4) is 5.75 Å². The molecule has 0 aliphatic heterocycles. The molecule has 1 aromatic carbocycles. The number of thiazole rings is 1. The van der Waals surface area contributed by atoms with Gasteiger partial charge in [0, 0.05) is 17.3 Å². The Kier molecular flexibility index (Phi) is 5.40. The average Bonchev–Trinajstić information content (AvgIpc) is 3.02. The second kappa shape index (κ2) is 7.90. The van der Waals surface area contributed by atoms with E-state index in [9.17, 15) is 4.79 Å². The van der Waals surface area contributed by atoms with Crippen LogP contribution in [0.5, 0.6) is 5.75 Å². The van der Waals surface area contributed by atoms with E-state index in [2.05, 4.69) is 15.3 Å². The van der Waals surface area contributed by atoms with Crippen LogP contribution in [0.1, 0.15) is 10.7 Å². The number of rotatable bonds is 6. The lowest BCUT2D eigenvalue weighted by Crippen LogP contribution is -2.14. The fourth-order valence-electron chi connectivity index (χ4n) is 1.99. The SMILES string of the molecule is O=C(Cc1nc(COc2cccnc2Cl)cs1)Nc1ccccc1. The number of carbonyl (C=O) groups is 1. The molecule has 0 saturated carbocycles. The predicted octanol–water partition coefficient (Wildman–Crippen LogP) is 3.95. The van der Waals surface area contributed by atoms with Crippen LogP contribution in [0.3, 0.4) is 0 Å². The zero-order valence-electron chi connectivity index (χ0n) is 12.6. The van der Waals surface area contributed by atoms with Crippen molar-refractivity contribution in [3.05, 3.63) is 69.9 Å². The smallest absolute Gasteiger partial charge is 0.231 e. The number of amides is 1. The number of ether oxygens (including phenoxy) is 1. The van der Waals surface area contributed by atoms with Gasteiger partial charge in [-0.25, -0.2) is 9.97 Å². The van der Waals surface area contributed by atoms with Gasteiger partial charge in [-0.05, 0) is 24.3 Å². The van der Waals surface area contributed by atoms with Crippen molar-refractivity contribution in [2.75, 3.05) is 5.32 Å². The van der Waals surface area contributed by atoms with E-state index in [1.54, 1.807) is 18.3 Å². The van der Waals surface area contributed by atoms with Gasteiger partial charge in [0.05, 0.1) is 12.1 Å². The molecule has 1 N–H and O–H groups in total. The van der Waals surface area contributed by atoms with Crippen molar-refractivity contribution in [2.45, 2.75) is 13.0 Å². The average molecular weight is 360 g/mol. The molecule has 0 atom stereocenters. The second-order valence-electron chi connectivity index (χ2n) is 4.90. The Morgan fingerprint density at radius 1 is 1.21 bits per heavy atom. The van der Waals surface area contributed by atoms with E-state index < -0.39 is 0 Å². The van der Waals surface area contributed by atoms with Crippen LogP contribution in [0.15, 0.2) is 54.0 Å². The summed E-state index contributed by atoms with van der Waals surface area (Å²) in [4.78, 5) is 20.4. The summed E-state index contributed by atoms with van der Waals surface area (Å²) in [5.74, 6) is 0.411. The number of carbonyl (C=O) groups excluding carboxylic acids is 1. The van der Waals surface area contributed by atoms with Crippen LogP contribution in [-0.4, -0.2) is 15.9 Å². The first-order chi connectivity index (χ1) is 11.7. The van der Waals surface area contributed by atoms with Gasteiger partial charge in [0.1, 0.15) is 11.6 Å². The first-order valence-electron chi connectivity index (χ1n) is 7.22. The maximum atomic E-state index is 12.0. The van der Waals surface area contributed by atoms with Crippen molar-refractivity contribution >= 4 is 34.5 Å². The number of halogens is 1. The molecular formula is C17H14ClN3O2S. The van der Waals surface area contributed by atoms with E-state index in [-0.39, 0.29) is 18.9 Å². The van der Waals surface area contributed by atoms with Gasteiger partial charge < -0.3 is 10.1 Å². The summed E-state index contributed by atoms with van der Waals surface area (Å²) in [5, 5.41) is 5.76. The third-order valence-corrected chi connectivity index (χ3v) is 4.25. The third kappa shape index (κ3) is 4.53. The Bertz CT molecular complexity index is 823. The van der Waals surface area contributed by atoms with E-state index >= 15 is 0 Å². The number of hydrogen-bond donors (Lipinski definition) is 1. The molecule has 2 heterocycles. The summed E-state index contributed by atoms with van der Waals surface area (Å²) >= 11 is 7.36. The highest BCUT2D eigenvalue weighted by molar-refractivity contribution is 7.09. The molecule has 1 amide bonds. The Morgan fingerprint density at radius 2 is 2.04 bits per heavy atom. The molecule has 3 aromatic rings. The second-order valence-corrected chi connectivity index (χ2v) is 6.21. The molecular weight excluding hydrogens is 346 g/mol. The number of benzene rings is 1. The van der Waals surface area contributed by atoms with Crippen molar-refractivity contribution < 1.29 is 9.53 Å². The predicted molar refractivity (Wildman–Crippen MR) is 94.5 cm³/mol.